The van der Waals surface area contributed by atoms with E-state index in [9.17, 15) is 4.79 Å². The Balaban J connectivity index is 1.67. The third kappa shape index (κ3) is 3.40. The Bertz CT molecular complexity index is 1010. The molecule has 2 N–H and O–H groups in total. The lowest BCUT2D eigenvalue weighted by atomic mass is 10.0. The van der Waals surface area contributed by atoms with E-state index in [1.165, 1.54) is 12.4 Å². The summed E-state index contributed by atoms with van der Waals surface area (Å²) in [5.74, 6) is 1.42. The molecule has 0 saturated carbocycles. The van der Waals surface area contributed by atoms with Gasteiger partial charge in [-0.1, -0.05) is 18.7 Å². The summed E-state index contributed by atoms with van der Waals surface area (Å²) >= 11 is 0. The van der Waals surface area contributed by atoms with Gasteiger partial charge < -0.3 is 15.0 Å². The van der Waals surface area contributed by atoms with Crippen molar-refractivity contribution in [1.29, 1.82) is 0 Å². The molecular weight excluding hydrogens is 356 g/mol. The first-order valence-electron chi connectivity index (χ1n) is 9.21. The van der Waals surface area contributed by atoms with Gasteiger partial charge >= 0.3 is 0 Å². The number of aromatic nitrogens is 4. The fourth-order valence-corrected chi connectivity index (χ4v) is 3.57. The molecule has 0 spiro atoms. The van der Waals surface area contributed by atoms with Crippen LogP contribution in [0.4, 0.5) is 5.82 Å². The molecule has 0 bridgehead atoms. The Morgan fingerprint density at radius 2 is 2.32 bits per heavy atom. The average molecular weight is 378 g/mol. The molecule has 144 valence electrons. The zero-order valence-corrected chi connectivity index (χ0v) is 15.7. The molecule has 28 heavy (non-hydrogen) atoms. The van der Waals surface area contributed by atoms with Crippen molar-refractivity contribution in [2.24, 2.45) is 0 Å². The van der Waals surface area contributed by atoms with Crippen LogP contribution in [-0.4, -0.2) is 57.2 Å². The summed E-state index contributed by atoms with van der Waals surface area (Å²) in [7, 11) is 1.64. The Hall–Kier alpha value is -3.42. The number of hydrogen-bond acceptors (Lipinski definition) is 6. The molecule has 1 amide bonds. The topological polar surface area (TPSA) is 96.0 Å². The van der Waals surface area contributed by atoms with Crippen LogP contribution in [0.25, 0.3) is 22.3 Å². The van der Waals surface area contributed by atoms with Crippen molar-refractivity contribution in [2.75, 3.05) is 25.5 Å². The molecule has 8 heteroatoms. The number of amides is 1. The van der Waals surface area contributed by atoms with Crippen LogP contribution in [0.3, 0.4) is 0 Å². The molecular formula is C20H22N6O2. The van der Waals surface area contributed by atoms with Crippen LogP contribution in [0.2, 0.25) is 0 Å². The number of H-pyrrole nitrogens is 1. The Kier molecular flexibility index (Phi) is 4.92. The number of carbonyl (C=O) groups excluding carboxylic acids is 1. The molecule has 0 radical (unpaired) electrons. The summed E-state index contributed by atoms with van der Waals surface area (Å²) in [6.45, 7) is 4.95. The minimum atomic E-state index is -0.0419. The summed E-state index contributed by atoms with van der Waals surface area (Å²) in [4.78, 5) is 22.5. The maximum atomic E-state index is 12.0. The summed E-state index contributed by atoms with van der Waals surface area (Å²) in [5.41, 5.74) is 2.35. The molecule has 1 aliphatic heterocycles. The fourth-order valence-electron chi connectivity index (χ4n) is 3.57. The minimum absolute atomic E-state index is 0.0419. The second kappa shape index (κ2) is 7.67. The Morgan fingerprint density at radius 1 is 1.43 bits per heavy atom. The van der Waals surface area contributed by atoms with Gasteiger partial charge in [0.25, 0.3) is 0 Å². The standard InChI is InChI=1S/C20H22N6O2/c1-3-16(27)26-9-5-7-14(11-26)23-19-17-18(24-25-20(17)22-12-21-19)13-6-4-8-15(10-13)28-2/h3-4,6,8,10,12,14H,1,5,7,9,11H2,2H3,(H2,21,22,23,24,25). The van der Waals surface area contributed by atoms with Crippen molar-refractivity contribution >= 4 is 22.8 Å². The zero-order chi connectivity index (χ0) is 19.5. The number of anilines is 1. The van der Waals surface area contributed by atoms with Crippen molar-refractivity contribution in [3.8, 4) is 17.0 Å². The van der Waals surface area contributed by atoms with Gasteiger partial charge in [-0.05, 0) is 31.1 Å². The van der Waals surface area contributed by atoms with E-state index in [4.69, 9.17) is 4.74 Å². The van der Waals surface area contributed by atoms with Gasteiger partial charge in [-0.15, -0.1) is 0 Å². The zero-order valence-electron chi connectivity index (χ0n) is 15.7. The van der Waals surface area contributed by atoms with Gasteiger partial charge in [0, 0.05) is 24.7 Å². The molecule has 8 nitrogen and oxygen atoms in total. The highest BCUT2D eigenvalue weighted by Gasteiger charge is 2.24. The SMILES string of the molecule is C=CC(=O)N1CCCC(Nc2ncnc3n[nH]c(-c4cccc(OC)c4)c23)C1. The number of benzene rings is 1. The highest BCUT2D eigenvalue weighted by molar-refractivity contribution is 5.98. The molecule has 1 unspecified atom stereocenters. The number of nitrogens with zero attached hydrogens (tertiary/aromatic N) is 4. The van der Waals surface area contributed by atoms with Gasteiger partial charge in [0.2, 0.25) is 5.91 Å². The van der Waals surface area contributed by atoms with Gasteiger partial charge in [0.05, 0.1) is 18.2 Å². The maximum absolute atomic E-state index is 12.0. The molecule has 4 rings (SSSR count). The monoisotopic (exact) mass is 378 g/mol. The quantitative estimate of drug-likeness (QED) is 0.663. The van der Waals surface area contributed by atoms with E-state index in [2.05, 4.69) is 32.1 Å². The van der Waals surface area contributed by atoms with E-state index in [-0.39, 0.29) is 11.9 Å². The van der Waals surface area contributed by atoms with Crippen molar-refractivity contribution in [1.82, 2.24) is 25.1 Å². The van der Waals surface area contributed by atoms with Gasteiger partial charge in [-0.3, -0.25) is 9.89 Å². The number of fused-ring (bicyclic) bond motifs is 1. The lowest BCUT2D eigenvalue weighted by Crippen LogP contribution is -2.44. The Labute approximate surface area is 162 Å². The highest BCUT2D eigenvalue weighted by Crippen LogP contribution is 2.32. The number of ether oxygens (including phenoxy) is 1. The first-order valence-corrected chi connectivity index (χ1v) is 9.21. The van der Waals surface area contributed by atoms with E-state index in [0.29, 0.717) is 18.0 Å². The summed E-state index contributed by atoms with van der Waals surface area (Å²) in [6, 6.07) is 7.85. The third-order valence-electron chi connectivity index (χ3n) is 4.96. The number of piperidine rings is 1. The normalized spacial score (nSPS) is 16.8. The van der Waals surface area contributed by atoms with Crippen molar-refractivity contribution in [3.05, 3.63) is 43.2 Å². The van der Waals surface area contributed by atoms with Crippen LogP contribution in [-0.2, 0) is 4.79 Å². The van der Waals surface area contributed by atoms with Crippen LogP contribution in [0.5, 0.6) is 5.75 Å². The molecule has 1 atom stereocenters. The van der Waals surface area contributed by atoms with E-state index < -0.39 is 0 Å². The first-order chi connectivity index (χ1) is 13.7. The van der Waals surface area contributed by atoms with Crippen LogP contribution in [0.1, 0.15) is 12.8 Å². The summed E-state index contributed by atoms with van der Waals surface area (Å²) in [5, 5.41) is 11.7. The summed E-state index contributed by atoms with van der Waals surface area (Å²) < 4.78 is 5.33. The van der Waals surface area contributed by atoms with Crippen LogP contribution >= 0.6 is 0 Å². The molecule has 3 heterocycles. The number of likely N-dealkylation sites (tertiary alicyclic amines) is 1. The van der Waals surface area contributed by atoms with Gasteiger partial charge in [0.1, 0.15) is 17.9 Å². The molecule has 0 aliphatic carbocycles. The third-order valence-corrected chi connectivity index (χ3v) is 4.96. The summed E-state index contributed by atoms with van der Waals surface area (Å²) in [6.07, 6.45) is 4.75. The lowest BCUT2D eigenvalue weighted by Gasteiger charge is -2.32. The van der Waals surface area contributed by atoms with Gasteiger partial charge in [-0.25, -0.2) is 9.97 Å². The fraction of sp³-hybridized carbons (Fsp3) is 0.300. The smallest absolute Gasteiger partial charge is 0.246 e. The maximum Gasteiger partial charge on any atom is 0.246 e. The largest absolute Gasteiger partial charge is 0.497 e. The van der Waals surface area contributed by atoms with Crippen LogP contribution < -0.4 is 10.1 Å². The number of carbonyl (C=O) groups is 1. The average Bonchev–Trinajstić information content (AvgIpc) is 3.19. The highest BCUT2D eigenvalue weighted by atomic mass is 16.5. The van der Waals surface area contributed by atoms with Crippen LogP contribution in [0, 0.1) is 0 Å². The number of aromatic amines is 1. The second-order valence-electron chi connectivity index (χ2n) is 6.72. The molecule has 1 aromatic carbocycles. The second-order valence-corrected chi connectivity index (χ2v) is 6.72. The lowest BCUT2D eigenvalue weighted by molar-refractivity contribution is -0.127. The van der Waals surface area contributed by atoms with Gasteiger partial charge in [0.15, 0.2) is 5.65 Å². The first kappa shape index (κ1) is 18.0. The molecule has 1 saturated heterocycles. The van der Waals surface area contributed by atoms with E-state index >= 15 is 0 Å². The van der Waals surface area contributed by atoms with Crippen molar-refractivity contribution in [3.63, 3.8) is 0 Å². The number of methoxy groups -OCH3 is 1. The predicted molar refractivity (Wildman–Crippen MR) is 107 cm³/mol. The number of rotatable bonds is 5. The van der Waals surface area contributed by atoms with E-state index in [1.807, 2.05) is 29.2 Å². The molecule has 2 aromatic heterocycles. The van der Waals surface area contributed by atoms with E-state index in [0.717, 1.165) is 41.8 Å². The molecule has 1 fully saturated rings. The van der Waals surface area contributed by atoms with Gasteiger partial charge in [-0.2, -0.15) is 5.10 Å². The number of nitrogens with one attached hydrogen (secondary N) is 2. The van der Waals surface area contributed by atoms with Crippen molar-refractivity contribution < 1.29 is 9.53 Å². The van der Waals surface area contributed by atoms with Crippen molar-refractivity contribution in [2.45, 2.75) is 18.9 Å². The minimum Gasteiger partial charge on any atom is -0.497 e. The predicted octanol–water partition coefficient (Wildman–Crippen LogP) is 2.62. The van der Waals surface area contributed by atoms with Crippen LogP contribution in [0.15, 0.2) is 43.2 Å². The van der Waals surface area contributed by atoms with E-state index in [1.54, 1.807) is 7.11 Å². The number of hydrogen-bond donors (Lipinski definition) is 2. The molecule has 1 aliphatic rings. The Morgan fingerprint density at radius 3 is 3.14 bits per heavy atom. The molecule has 3 aromatic rings.